The van der Waals surface area contributed by atoms with Crippen LogP contribution in [0.3, 0.4) is 0 Å². The first kappa shape index (κ1) is 15.5. The van der Waals surface area contributed by atoms with Gasteiger partial charge in [0.2, 0.25) is 11.0 Å². The van der Waals surface area contributed by atoms with Crippen LogP contribution in [0.5, 0.6) is 0 Å². The molecule has 2 aromatic heterocycles. The second-order valence-corrected chi connectivity index (χ2v) is 6.66. The molecule has 2 heterocycles. The lowest BCUT2D eigenvalue weighted by Gasteiger charge is -2.16. The molecule has 0 aliphatic heterocycles. The van der Waals surface area contributed by atoms with Crippen LogP contribution in [0.1, 0.15) is 19.8 Å². The van der Waals surface area contributed by atoms with Crippen LogP contribution < -0.4 is 10.3 Å². The van der Waals surface area contributed by atoms with E-state index in [1.165, 1.54) is 30.9 Å². The zero-order valence-electron chi connectivity index (χ0n) is 11.6. The predicted octanol–water partition coefficient (Wildman–Crippen LogP) is 4.12. The van der Waals surface area contributed by atoms with Gasteiger partial charge >= 0.3 is 0 Å². The van der Waals surface area contributed by atoms with Crippen molar-refractivity contribution < 1.29 is 8.83 Å². The minimum absolute atomic E-state index is 0.155. The molecule has 0 spiro atoms. The third-order valence-corrected chi connectivity index (χ3v) is 4.57. The summed E-state index contributed by atoms with van der Waals surface area (Å²) in [5.41, 5.74) is 0.571. The van der Waals surface area contributed by atoms with E-state index >= 15 is 0 Å². The maximum absolute atomic E-state index is 11.9. The molecule has 0 amide bonds. The molecule has 0 aliphatic carbocycles. The van der Waals surface area contributed by atoms with Crippen molar-refractivity contribution in [2.24, 2.45) is 0 Å². The molecule has 0 saturated heterocycles. The molecule has 0 fully saturated rings. The van der Waals surface area contributed by atoms with E-state index in [0.717, 1.165) is 12.3 Å². The van der Waals surface area contributed by atoms with E-state index in [1.807, 2.05) is 23.7 Å². The fourth-order valence-corrected chi connectivity index (χ4v) is 3.21. The van der Waals surface area contributed by atoms with Gasteiger partial charge < -0.3 is 13.7 Å². The maximum atomic E-state index is 11.9. The first-order chi connectivity index (χ1) is 9.63. The summed E-state index contributed by atoms with van der Waals surface area (Å²) in [7, 11) is 1.93. The molecule has 20 heavy (non-hydrogen) atoms. The van der Waals surface area contributed by atoms with Crippen molar-refractivity contribution in [2.75, 3.05) is 30.0 Å². The molecule has 0 saturated carbocycles. The van der Waals surface area contributed by atoms with Crippen LogP contribution in [0.15, 0.2) is 30.4 Å². The Morgan fingerprint density at radius 2 is 2.15 bits per heavy atom. The molecule has 0 N–H and O–H groups in total. The van der Waals surface area contributed by atoms with E-state index in [9.17, 15) is 4.79 Å². The van der Waals surface area contributed by atoms with Crippen molar-refractivity contribution in [1.82, 2.24) is 0 Å². The highest BCUT2D eigenvalue weighted by molar-refractivity contribution is 9.10. The van der Waals surface area contributed by atoms with Gasteiger partial charge in [0.05, 0.1) is 10.5 Å². The number of hydrogen-bond donors (Lipinski definition) is 0. The van der Waals surface area contributed by atoms with Crippen LogP contribution >= 0.6 is 27.7 Å². The topological polar surface area (TPSA) is 46.6 Å². The number of hydrogen-bond acceptors (Lipinski definition) is 5. The fourth-order valence-electron chi connectivity index (χ4n) is 1.75. The Morgan fingerprint density at radius 3 is 2.90 bits per heavy atom. The Kier molecular flexibility index (Phi) is 5.60. The van der Waals surface area contributed by atoms with Gasteiger partial charge in [-0.15, -0.1) is 0 Å². The number of thioether (sulfide) groups is 1. The van der Waals surface area contributed by atoms with Gasteiger partial charge in [-0.2, -0.15) is 11.8 Å². The second-order valence-electron chi connectivity index (χ2n) is 4.58. The first-order valence-electron chi connectivity index (χ1n) is 6.63. The Balaban J connectivity index is 2.04. The number of furan rings is 1. The predicted molar refractivity (Wildman–Crippen MR) is 88.0 cm³/mol. The van der Waals surface area contributed by atoms with E-state index in [1.54, 1.807) is 0 Å². The van der Waals surface area contributed by atoms with Gasteiger partial charge in [0.1, 0.15) is 6.26 Å². The molecule has 110 valence electrons. The van der Waals surface area contributed by atoms with Gasteiger partial charge in [0, 0.05) is 19.3 Å². The highest BCUT2D eigenvalue weighted by atomic mass is 79.9. The third kappa shape index (κ3) is 3.61. The summed E-state index contributed by atoms with van der Waals surface area (Å²) < 4.78 is 11.6. The zero-order valence-corrected chi connectivity index (χ0v) is 14.1. The van der Waals surface area contributed by atoms with E-state index in [0.29, 0.717) is 15.9 Å². The standard InChI is InChI=1S/C14H18BrNO3S/c1-3-4-6-20-7-5-16(2)12-8-11(17)14-13(19-12)10(15)9-18-14/h8-9H,3-7H2,1-2H3. The average molecular weight is 360 g/mol. The van der Waals surface area contributed by atoms with E-state index < -0.39 is 0 Å². The largest absolute Gasteiger partial charge is 0.456 e. The number of nitrogens with zero attached hydrogens (tertiary/aromatic N) is 1. The molecule has 0 radical (unpaired) electrons. The lowest BCUT2D eigenvalue weighted by Crippen LogP contribution is -2.21. The summed E-state index contributed by atoms with van der Waals surface area (Å²) in [4.78, 5) is 13.9. The van der Waals surface area contributed by atoms with Crippen molar-refractivity contribution in [3.05, 3.63) is 27.0 Å². The second kappa shape index (κ2) is 7.22. The van der Waals surface area contributed by atoms with Gasteiger partial charge in [0.25, 0.3) is 0 Å². The van der Waals surface area contributed by atoms with Crippen LogP contribution in [-0.2, 0) is 0 Å². The number of halogens is 1. The van der Waals surface area contributed by atoms with Crippen LogP contribution in [0.4, 0.5) is 5.88 Å². The smallest absolute Gasteiger partial charge is 0.230 e. The van der Waals surface area contributed by atoms with Gasteiger partial charge in [-0.05, 0) is 28.1 Å². The van der Waals surface area contributed by atoms with Crippen LogP contribution in [0.2, 0.25) is 0 Å². The zero-order chi connectivity index (χ0) is 14.5. The van der Waals surface area contributed by atoms with Crippen LogP contribution in [0, 0.1) is 0 Å². The molecule has 2 rings (SSSR count). The SMILES string of the molecule is CCCCSCCN(C)c1cc(=O)c2occ(Br)c2o1. The molecule has 0 bridgehead atoms. The summed E-state index contributed by atoms with van der Waals surface area (Å²) in [5, 5.41) is 0. The minimum Gasteiger partial charge on any atom is -0.456 e. The highest BCUT2D eigenvalue weighted by Gasteiger charge is 2.13. The van der Waals surface area contributed by atoms with Crippen LogP contribution in [-0.4, -0.2) is 25.1 Å². The van der Waals surface area contributed by atoms with Crippen molar-refractivity contribution in [3.8, 4) is 0 Å². The molecule has 0 aliphatic rings. The van der Waals surface area contributed by atoms with Gasteiger partial charge in [0.15, 0.2) is 11.5 Å². The number of anilines is 1. The van der Waals surface area contributed by atoms with Crippen molar-refractivity contribution >= 4 is 44.7 Å². The Morgan fingerprint density at radius 1 is 1.35 bits per heavy atom. The minimum atomic E-state index is -0.155. The lowest BCUT2D eigenvalue weighted by atomic mass is 10.4. The Labute approximate surface area is 130 Å². The van der Waals surface area contributed by atoms with Gasteiger partial charge in [-0.1, -0.05) is 13.3 Å². The molecule has 0 aromatic carbocycles. The van der Waals surface area contributed by atoms with Crippen LogP contribution in [0.25, 0.3) is 11.2 Å². The third-order valence-electron chi connectivity index (χ3n) is 2.98. The summed E-state index contributed by atoms with van der Waals surface area (Å²) in [6.45, 7) is 3.04. The van der Waals surface area contributed by atoms with Gasteiger partial charge in [-0.25, -0.2) is 0 Å². The average Bonchev–Trinajstić information content (AvgIpc) is 2.81. The Hall–Kier alpha value is -0.880. The summed E-state index contributed by atoms with van der Waals surface area (Å²) in [5.74, 6) is 2.77. The normalized spacial score (nSPS) is 11.2. The molecule has 0 atom stereocenters. The first-order valence-corrected chi connectivity index (χ1v) is 8.58. The van der Waals surface area contributed by atoms with Crippen molar-refractivity contribution in [1.29, 1.82) is 0 Å². The van der Waals surface area contributed by atoms with Crippen molar-refractivity contribution in [3.63, 3.8) is 0 Å². The van der Waals surface area contributed by atoms with Crippen molar-refractivity contribution in [2.45, 2.75) is 19.8 Å². The molecule has 0 unspecified atom stereocenters. The number of fused-ring (bicyclic) bond motifs is 1. The maximum Gasteiger partial charge on any atom is 0.230 e. The van der Waals surface area contributed by atoms with E-state index in [4.69, 9.17) is 8.83 Å². The molecular weight excluding hydrogens is 342 g/mol. The fraction of sp³-hybridized carbons (Fsp3) is 0.500. The summed E-state index contributed by atoms with van der Waals surface area (Å²) in [6.07, 6.45) is 3.94. The molecule has 6 heteroatoms. The summed E-state index contributed by atoms with van der Waals surface area (Å²) >= 11 is 5.24. The lowest BCUT2D eigenvalue weighted by molar-refractivity contribution is 0.571. The Bertz CT molecular complexity index is 622. The number of unbranched alkanes of at least 4 members (excludes halogenated alkanes) is 1. The van der Waals surface area contributed by atoms with Gasteiger partial charge in [-0.3, -0.25) is 4.79 Å². The summed E-state index contributed by atoms with van der Waals surface area (Å²) in [6, 6.07) is 1.48. The quantitative estimate of drug-likeness (QED) is 0.695. The molecule has 4 nitrogen and oxygen atoms in total. The monoisotopic (exact) mass is 359 g/mol. The highest BCUT2D eigenvalue weighted by Crippen LogP contribution is 2.27. The van der Waals surface area contributed by atoms with E-state index in [2.05, 4.69) is 22.9 Å². The number of rotatable bonds is 7. The molecular formula is C14H18BrNO3S. The molecule has 2 aromatic rings. The van der Waals surface area contributed by atoms with E-state index in [-0.39, 0.29) is 11.0 Å².